The molecule has 1 N–H and O–H groups in total. The second-order valence-corrected chi connectivity index (χ2v) is 18.8. The van der Waals surface area contributed by atoms with E-state index in [-0.39, 0.29) is 29.2 Å². The van der Waals surface area contributed by atoms with Crippen LogP contribution < -0.4 is 16.5 Å². The van der Waals surface area contributed by atoms with Crippen molar-refractivity contribution in [1.82, 2.24) is 9.97 Å². The number of rotatable bonds is 8. The number of aromatic hydroxyl groups is 1. The number of aromatic nitrogens is 2. The Morgan fingerprint density at radius 1 is 0.586 bits per heavy atom. The number of thiophene rings is 1. The molecule has 0 saturated carbocycles. The quantitative estimate of drug-likeness (QED) is 0.156. The zero-order chi connectivity index (χ0) is 40.8. The van der Waals surface area contributed by atoms with Crippen molar-refractivity contribution in [2.75, 3.05) is 0 Å². The van der Waals surface area contributed by atoms with Crippen LogP contribution in [0.25, 0.3) is 54.9 Å². The third kappa shape index (κ3) is 7.76. The smallest absolute Gasteiger partial charge is 0.267 e. The molecule has 0 saturated heterocycles. The standard InChI is InChI=1S/C53H51BN2OS/c1-34(2)44-33-45(35-17-10-9-11-18-35)42-24-26-58-51(42)50(44)54(49-23-14-15-25-55-49)41-20-16-19-36(29-41)46-30-38(31-47(56-46)43-21-12-13-22-48(43)57)37-27-39(52(3,4)5)32-40(28-37)53(6,7)8/h9-34,57H,1-8H3. The Bertz CT molecular complexity index is 2710. The van der Waals surface area contributed by atoms with Gasteiger partial charge in [0, 0.05) is 22.1 Å². The van der Waals surface area contributed by atoms with Crippen LogP contribution in [-0.2, 0) is 10.8 Å². The Hall–Kier alpha value is -5.78. The highest BCUT2D eigenvalue weighted by molar-refractivity contribution is 7.20. The zero-order valence-electron chi connectivity index (χ0n) is 34.8. The van der Waals surface area contributed by atoms with Crippen LogP contribution in [0.2, 0.25) is 0 Å². The summed E-state index contributed by atoms with van der Waals surface area (Å²) in [5, 5.41) is 14.6. The molecule has 5 heteroatoms. The van der Waals surface area contributed by atoms with E-state index in [1.54, 1.807) is 6.07 Å². The van der Waals surface area contributed by atoms with Gasteiger partial charge in [0.1, 0.15) is 5.75 Å². The van der Waals surface area contributed by atoms with Gasteiger partial charge in [-0.2, -0.15) is 0 Å². The second kappa shape index (κ2) is 15.5. The number of pyridine rings is 2. The van der Waals surface area contributed by atoms with Crippen molar-refractivity contribution in [2.24, 2.45) is 0 Å². The monoisotopic (exact) mass is 774 g/mol. The molecule has 0 radical (unpaired) electrons. The summed E-state index contributed by atoms with van der Waals surface area (Å²) in [6.07, 6.45) is 1.91. The van der Waals surface area contributed by atoms with Gasteiger partial charge in [-0.3, -0.25) is 4.98 Å². The van der Waals surface area contributed by atoms with Gasteiger partial charge >= 0.3 is 0 Å². The topological polar surface area (TPSA) is 46.0 Å². The maximum absolute atomic E-state index is 11.1. The molecule has 3 heterocycles. The van der Waals surface area contributed by atoms with E-state index in [0.29, 0.717) is 5.56 Å². The summed E-state index contributed by atoms with van der Waals surface area (Å²) in [5.41, 5.74) is 15.3. The zero-order valence-corrected chi connectivity index (χ0v) is 35.7. The normalized spacial score (nSPS) is 12.0. The fourth-order valence-electron chi connectivity index (χ4n) is 8.05. The summed E-state index contributed by atoms with van der Waals surface area (Å²) >= 11 is 1.81. The van der Waals surface area contributed by atoms with Crippen LogP contribution in [0.3, 0.4) is 0 Å². The molecule has 8 aromatic rings. The lowest BCUT2D eigenvalue weighted by Gasteiger charge is -2.26. The maximum Gasteiger partial charge on any atom is 0.267 e. The van der Waals surface area contributed by atoms with Crippen molar-refractivity contribution in [2.45, 2.75) is 72.1 Å². The molecule has 3 nitrogen and oxygen atoms in total. The highest BCUT2D eigenvalue weighted by Crippen LogP contribution is 2.39. The summed E-state index contributed by atoms with van der Waals surface area (Å²) in [4.78, 5) is 10.3. The lowest BCUT2D eigenvalue weighted by molar-refractivity contribution is 0.477. The predicted octanol–water partition coefficient (Wildman–Crippen LogP) is 12.3. The van der Waals surface area contributed by atoms with E-state index in [2.05, 4.69) is 170 Å². The second-order valence-electron chi connectivity index (χ2n) is 17.9. The summed E-state index contributed by atoms with van der Waals surface area (Å²) in [6.45, 7) is 18.1. The van der Waals surface area contributed by atoms with Crippen molar-refractivity contribution in [3.05, 3.63) is 168 Å². The molecule has 288 valence electrons. The van der Waals surface area contributed by atoms with Gasteiger partial charge in [-0.25, -0.2) is 4.98 Å². The van der Waals surface area contributed by atoms with E-state index >= 15 is 0 Å². The molecule has 0 atom stereocenters. The largest absolute Gasteiger partial charge is 0.507 e. The predicted molar refractivity (Wildman–Crippen MR) is 250 cm³/mol. The van der Waals surface area contributed by atoms with E-state index in [1.165, 1.54) is 43.4 Å². The minimum atomic E-state index is -0.122. The number of fused-ring (bicyclic) bond motifs is 1. The van der Waals surface area contributed by atoms with E-state index in [4.69, 9.17) is 9.97 Å². The van der Waals surface area contributed by atoms with E-state index in [0.717, 1.165) is 39.1 Å². The number of phenols is 1. The summed E-state index contributed by atoms with van der Waals surface area (Å²) < 4.78 is 1.29. The Morgan fingerprint density at radius 2 is 1.24 bits per heavy atom. The lowest BCUT2D eigenvalue weighted by Crippen LogP contribution is -2.54. The number of benzene rings is 5. The fourth-order valence-corrected chi connectivity index (χ4v) is 9.06. The van der Waals surface area contributed by atoms with Gasteiger partial charge in [0.05, 0.1) is 11.4 Å². The summed E-state index contributed by atoms with van der Waals surface area (Å²) in [5.74, 6) is 0.487. The molecular formula is C53H51BN2OS. The minimum Gasteiger partial charge on any atom is -0.507 e. The maximum atomic E-state index is 11.1. The Morgan fingerprint density at radius 3 is 1.91 bits per heavy atom. The third-order valence-electron chi connectivity index (χ3n) is 11.3. The molecule has 0 unspecified atom stereocenters. The van der Waals surface area contributed by atoms with E-state index in [1.807, 2.05) is 41.8 Å². The lowest BCUT2D eigenvalue weighted by atomic mass is 9.37. The van der Waals surface area contributed by atoms with Gasteiger partial charge in [-0.15, -0.1) is 11.3 Å². The van der Waals surface area contributed by atoms with Gasteiger partial charge in [0.25, 0.3) is 6.71 Å². The fraction of sp³-hybridized carbons (Fsp3) is 0.208. The highest BCUT2D eigenvalue weighted by atomic mass is 32.1. The molecular weight excluding hydrogens is 723 g/mol. The minimum absolute atomic E-state index is 0.0384. The highest BCUT2D eigenvalue weighted by Gasteiger charge is 2.31. The first-order valence-corrected chi connectivity index (χ1v) is 21.2. The molecule has 0 aliphatic rings. The molecule has 58 heavy (non-hydrogen) atoms. The van der Waals surface area contributed by atoms with Crippen LogP contribution in [0.4, 0.5) is 0 Å². The number of hydrogen-bond acceptors (Lipinski definition) is 4. The van der Waals surface area contributed by atoms with Gasteiger partial charge in [-0.1, -0.05) is 158 Å². The van der Waals surface area contributed by atoms with Crippen molar-refractivity contribution in [1.29, 1.82) is 0 Å². The van der Waals surface area contributed by atoms with Crippen LogP contribution in [0.15, 0.2) is 151 Å². The van der Waals surface area contributed by atoms with Crippen molar-refractivity contribution < 1.29 is 5.11 Å². The van der Waals surface area contributed by atoms with E-state index < -0.39 is 0 Å². The van der Waals surface area contributed by atoms with Crippen molar-refractivity contribution in [3.63, 3.8) is 0 Å². The van der Waals surface area contributed by atoms with Crippen LogP contribution in [-0.4, -0.2) is 21.8 Å². The molecule has 0 aliphatic heterocycles. The molecule has 0 amide bonds. The van der Waals surface area contributed by atoms with Gasteiger partial charge in [-0.05, 0) is 120 Å². The molecule has 0 fully saturated rings. The molecule has 8 rings (SSSR count). The third-order valence-corrected chi connectivity index (χ3v) is 12.3. The number of para-hydroxylation sites is 1. The SMILES string of the molecule is CC(C)c1cc(-c2ccccc2)c2ccsc2c1B(c1cccc(-c2cc(-c3cc(C(C)(C)C)cc(C(C)(C)C)c3)cc(-c3ccccc3O)n2)c1)c1ccccn1. The molecule has 0 aliphatic carbocycles. The van der Waals surface area contributed by atoms with Crippen molar-refractivity contribution in [3.8, 4) is 50.5 Å². The molecule has 0 bridgehead atoms. The van der Waals surface area contributed by atoms with E-state index in [9.17, 15) is 5.11 Å². The van der Waals surface area contributed by atoms with Gasteiger partial charge < -0.3 is 5.11 Å². The van der Waals surface area contributed by atoms with Crippen molar-refractivity contribution >= 4 is 44.7 Å². The molecule has 5 aromatic carbocycles. The van der Waals surface area contributed by atoms with Gasteiger partial charge in [0.2, 0.25) is 0 Å². The Labute approximate surface area is 348 Å². The average Bonchev–Trinajstić information content (AvgIpc) is 3.71. The number of hydrogen-bond donors (Lipinski definition) is 1. The first-order valence-electron chi connectivity index (χ1n) is 20.3. The Kier molecular flexibility index (Phi) is 10.5. The summed E-state index contributed by atoms with van der Waals surface area (Å²) in [7, 11) is 0. The van der Waals surface area contributed by atoms with Crippen LogP contribution in [0.1, 0.15) is 78.0 Å². The van der Waals surface area contributed by atoms with Crippen LogP contribution >= 0.6 is 11.3 Å². The first kappa shape index (κ1) is 39.1. The van der Waals surface area contributed by atoms with Crippen LogP contribution in [0.5, 0.6) is 5.75 Å². The first-order chi connectivity index (χ1) is 27.8. The number of phenolic OH excluding ortho intramolecular Hbond substituents is 1. The molecule has 3 aromatic heterocycles. The van der Waals surface area contributed by atoms with Gasteiger partial charge in [0.15, 0.2) is 0 Å². The molecule has 0 spiro atoms. The number of nitrogens with zero attached hydrogens (tertiary/aromatic N) is 2. The summed E-state index contributed by atoms with van der Waals surface area (Å²) in [6, 6.07) is 49.4. The average molecular weight is 775 g/mol. The van der Waals surface area contributed by atoms with Crippen LogP contribution in [0, 0.1) is 0 Å². The Balaban J connectivity index is 1.36.